The van der Waals surface area contributed by atoms with E-state index in [0.717, 1.165) is 31.4 Å². The molecule has 1 aromatic carbocycles. The minimum Gasteiger partial charge on any atom is -0.481 e. The van der Waals surface area contributed by atoms with Crippen molar-refractivity contribution in [1.82, 2.24) is 15.5 Å². The Morgan fingerprint density at radius 3 is 2.38 bits per heavy atom. The van der Waals surface area contributed by atoms with Crippen molar-refractivity contribution in [3.8, 4) is 0 Å². The van der Waals surface area contributed by atoms with Gasteiger partial charge in [0.15, 0.2) is 0 Å². The van der Waals surface area contributed by atoms with Crippen molar-refractivity contribution in [2.24, 2.45) is 11.8 Å². The molecule has 1 aliphatic heterocycles. The highest BCUT2D eigenvalue weighted by Crippen LogP contribution is 2.39. The minimum absolute atomic E-state index is 0.000962. The third-order valence-electron chi connectivity index (χ3n) is 7.63. The van der Waals surface area contributed by atoms with Crippen LogP contribution in [0.25, 0.3) is 0 Å². The van der Waals surface area contributed by atoms with Gasteiger partial charge in [-0.2, -0.15) is 0 Å². The first-order valence-corrected chi connectivity index (χ1v) is 13.8. The van der Waals surface area contributed by atoms with E-state index in [1.165, 1.54) is 12.8 Å². The van der Waals surface area contributed by atoms with Crippen molar-refractivity contribution >= 4 is 17.8 Å². The normalized spacial score (nSPS) is 23.9. The molecule has 0 spiro atoms. The summed E-state index contributed by atoms with van der Waals surface area (Å²) in [5.41, 5.74) is 0.648. The molecule has 0 aromatic heterocycles. The van der Waals surface area contributed by atoms with Crippen LogP contribution < -0.4 is 10.6 Å². The van der Waals surface area contributed by atoms with Crippen LogP contribution in [0.4, 0.5) is 0 Å². The Labute approximate surface area is 221 Å². The van der Waals surface area contributed by atoms with Gasteiger partial charge in [0.25, 0.3) is 0 Å². The van der Waals surface area contributed by atoms with E-state index in [9.17, 15) is 19.5 Å². The van der Waals surface area contributed by atoms with Gasteiger partial charge in [-0.05, 0) is 63.9 Å². The highest BCUT2D eigenvalue weighted by atomic mass is 16.4. The van der Waals surface area contributed by atoms with Gasteiger partial charge >= 0.3 is 5.97 Å². The average Bonchev–Trinajstić information content (AvgIpc) is 2.82. The number of nitrogens with zero attached hydrogens (tertiary/aromatic N) is 1. The van der Waals surface area contributed by atoms with Crippen LogP contribution >= 0.6 is 0 Å². The van der Waals surface area contributed by atoms with Crippen molar-refractivity contribution < 1.29 is 24.6 Å². The first-order valence-electron chi connectivity index (χ1n) is 13.8. The van der Waals surface area contributed by atoms with Gasteiger partial charge < -0.3 is 20.8 Å². The molecular formula is C29H45N3O5. The zero-order valence-electron chi connectivity index (χ0n) is 22.6. The highest BCUT2D eigenvalue weighted by molar-refractivity contribution is 5.82. The standard InChI is InChI=1S/C29H45N3O5/c1-29(2,3)31-28(37)24-17-21-12-7-8-13-22(21)18-32(24)19-25(33)23(16-20-10-5-4-6-11-20)30-26(34)14-9-15-27(35)36/h4-6,10-11,21-25,33H,7-9,12-19H2,1-3H3,(H,30,34)(H,31,37)(H,35,36)/t21-,22+,23-,24-,25+/m0/s1. The Balaban J connectivity index is 1.74. The van der Waals surface area contributed by atoms with Gasteiger partial charge in [0.05, 0.1) is 18.2 Å². The number of carboxylic acid groups (broad SMARTS) is 1. The van der Waals surface area contributed by atoms with Crippen LogP contribution in [-0.4, -0.2) is 69.7 Å². The van der Waals surface area contributed by atoms with Crippen molar-refractivity contribution in [1.29, 1.82) is 0 Å². The van der Waals surface area contributed by atoms with E-state index in [1.54, 1.807) is 0 Å². The van der Waals surface area contributed by atoms with Crippen LogP contribution in [0, 0.1) is 11.8 Å². The van der Waals surface area contributed by atoms with Crippen LogP contribution in [0.5, 0.6) is 0 Å². The molecule has 37 heavy (non-hydrogen) atoms. The summed E-state index contributed by atoms with van der Waals surface area (Å²) >= 11 is 0. The lowest BCUT2D eigenvalue weighted by Gasteiger charge is -2.47. The smallest absolute Gasteiger partial charge is 0.303 e. The Kier molecular flexibility index (Phi) is 10.5. The van der Waals surface area contributed by atoms with E-state index >= 15 is 0 Å². The van der Waals surface area contributed by atoms with Gasteiger partial charge in [0, 0.05) is 31.5 Å². The van der Waals surface area contributed by atoms with E-state index in [4.69, 9.17) is 5.11 Å². The summed E-state index contributed by atoms with van der Waals surface area (Å²) in [4.78, 5) is 39.0. The van der Waals surface area contributed by atoms with E-state index in [-0.39, 0.29) is 42.7 Å². The topological polar surface area (TPSA) is 119 Å². The van der Waals surface area contributed by atoms with E-state index in [1.807, 2.05) is 51.1 Å². The molecule has 0 radical (unpaired) electrons. The number of carbonyl (C=O) groups excluding carboxylic acids is 2. The molecule has 0 bridgehead atoms. The van der Waals surface area contributed by atoms with Crippen LogP contribution in [0.1, 0.15) is 77.7 Å². The number of β-amino-alcohol motifs (C(OH)–C–C–N with tert-alkyl or cyclic N) is 1. The molecule has 1 aliphatic carbocycles. The number of carbonyl (C=O) groups is 3. The second-order valence-electron chi connectivity index (χ2n) is 11.9. The molecule has 4 N–H and O–H groups in total. The maximum absolute atomic E-state index is 13.3. The van der Waals surface area contributed by atoms with Crippen LogP contribution in [0.2, 0.25) is 0 Å². The number of nitrogens with one attached hydrogen (secondary N) is 2. The number of fused-ring (bicyclic) bond motifs is 1. The number of piperidine rings is 1. The predicted molar refractivity (Wildman–Crippen MR) is 143 cm³/mol. The molecule has 8 heteroatoms. The van der Waals surface area contributed by atoms with E-state index < -0.39 is 18.1 Å². The highest BCUT2D eigenvalue weighted by Gasteiger charge is 2.41. The number of aliphatic carboxylic acids is 1. The third kappa shape index (κ3) is 9.42. The van der Waals surface area contributed by atoms with E-state index in [2.05, 4.69) is 15.5 Å². The average molecular weight is 516 g/mol. The Morgan fingerprint density at radius 2 is 1.73 bits per heavy atom. The lowest BCUT2D eigenvalue weighted by atomic mass is 9.72. The Morgan fingerprint density at radius 1 is 1.05 bits per heavy atom. The lowest BCUT2D eigenvalue weighted by molar-refractivity contribution is -0.137. The number of aliphatic hydroxyl groups excluding tert-OH is 1. The van der Waals surface area contributed by atoms with Gasteiger partial charge in [0.1, 0.15) is 0 Å². The van der Waals surface area contributed by atoms with Crippen LogP contribution in [0.3, 0.4) is 0 Å². The molecule has 1 heterocycles. The molecule has 2 fully saturated rings. The quantitative estimate of drug-likeness (QED) is 0.360. The summed E-state index contributed by atoms with van der Waals surface area (Å²) in [7, 11) is 0. The predicted octanol–water partition coefficient (Wildman–Crippen LogP) is 3.13. The summed E-state index contributed by atoms with van der Waals surface area (Å²) < 4.78 is 0. The maximum Gasteiger partial charge on any atom is 0.303 e. The zero-order chi connectivity index (χ0) is 27.0. The molecule has 1 saturated carbocycles. The second kappa shape index (κ2) is 13.4. The van der Waals surface area contributed by atoms with Gasteiger partial charge in [-0.15, -0.1) is 0 Å². The number of amides is 2. The molecule has 2 aliphatic rings. The summed E-state index contributed by atoms with van der Waals surface area (Å²) in [6.07, 6.45) is 5.36. The minimum atomic E-state index is -0.931. The molecule has 0 unspecified atom stereocenters. The molecule has 3 rings (SSSR count). The molecule has 8 nitrogen and oxygen atoms in total. The second-order valence-corrected chi connectivity index (χ2v) is 11.9. The van der Waals surface area contributed by atoms with Gasteiger partial charge in [-0.3, -0.25) is 19.3 Å². The number of likely N-dealkylation sites (tertiary alicyclic amines) is 1. The lowest BCUT2D eigenvalue weighted by Crippen LogP contribution is -2.60. The largest absolute Gasteiger partial charge is 0.481 e. The van der Waals surface area contributed by atoms with Crippen molar-refractivity contribution in [2.45, 2.75) is 102 Å². The molecule has 5 atom stereocenters. The molecule has 1 saturated heterocycles. The summed E-state index contributed by atoms with van der Waals surface area (Å²) in [5.74, 6) is -0.139. The first kappa shape index (κ1) is 29.1. The molecule has 206 valence electrons. The van der Waals surface area contributed by atoms with Crippen LogP contribution in [-0.2, 0) is 20.8 Å². The number of benzene rings is 1. The fraction of sp³-hybridized carbons (Fsp3) is 0.690. The monoisotopic (exact) mass is 515 g/mol. The molecule has 2 amide bonds. The number of hydrogen-bond acceptors (Lipinski definition) is 5. The summed E-state index contributed by atoms with van der Waals surface area (Å²) in [6, 6.07) is 8.84. The fourth-order valence-corrected chi connectivity index (χ4v) is 5.82. The maximum atomic E-state index is 13.3. The van der Waals surface area contributed by atoms with Crippen LogP contribution in [0.15, 0.2) is 30.3 Å². The molecule has 1 aromatic rings. The van der Waals surface area contributed by atoms with Crippen molar-refractivity contribution in [3.05, 3.63) is 35.9 Å². The third-order valence-corrected chi connectivity index (χ3v) is 7.63. The Bertz CT molecular complexity index is 901. The van der Waals surface area contributed by atoms with E-state index in [0.29, 0.717) is 24.8 Å². The SMILES string of the molecule is CC(C)(C)NC(=O)[C@@H]1C[C@@H]2CCCC[C@@H]2CN1C[C@@H](O)[C@H](Cc1ccccc1)NC(=O)CCCC(=O)O. The number of rotatable bonds is 11. The fourth-order valence-electron chi connectivity index (χ4n) is 5.82. The van der Waals surface area contributed by atoms with Crippen molar-refractivity contribution in [3.63, 3.8) is 0 Å². The van der Waals surface area contributed by atoms with Gasteiger partial charge in [0.2, 0.25) is 11.8 Å². The summed E-state index contributed by atoms with van der Waals surface area (Å²) in [5, 5.41) is 26.4. The van der Waals surface area contributed by atoms with Gasteiger partial charge in [-0.25, -0.2) is 0 Å². The number of hydrogen-bond donors (Lipinski definition) is 4. The summed E-state index contributed by atoms with van der Waals surface area (Å²) in [6.45, 7) is 7.00. The molecular weight excluding hydrogens is 470 g/mol. The Hall–Kier alpha value is -2.45. The first-order chi connectivity index (χ1) is 17.5. The van der Waals surface area contributed by atoms with Gasteiger partial charge in [-0.1, -0.05) is 49.6 Å². The number of aliphatic hydroxyl groups is 1. The zero-order valence-corrected chi connectivity index (χ0v) is 22.6. The number of carboxylic acids is 1. The van der Waals surface area contributed by atoms with Crippen molar-refractivity contribution in [2.75, 3.05) is 13.1 Å².